The molecule has 5 nitrogen and oxygen atoms in total. The summed E-state index contributed by atoms with van der Waals surface area (Å²) >= 11 is 1.47. The SMILES string of the molecule is CC(O)(CNC(=O)c1cn[nH]c1-c1ccccc1F)c1ccsc1. The predicted octanol–water partition coefficient (Wildman–Crippen LogP) is 2.91. The topological polar surface area (TPSA) is 78.0 Å². The Morgan fingerprint density at radius 3 is 2.92 bits per heavy atom. The van der Waals surface area contributed by atoms with Crippen molar-refractivity contribution >= 4 is 17.2 Å². The molecule has 0 fully saturated rings. The largest absolute Gasteiger partial charge is 0.384 e. The lowest BCUT2D eigenvalue weighted by Gasteiger charge is -2.22. The lowest BCUT2D eigenvalue weighted by molar-refractivity contribution is 0.0530. The van der Waals surface area contributed by atoms with Crippen molar-refractivity contribution in [2.75, 3.05) is 6.54 Å². The van der Waals surface area contributed by atoms with Crippen molar-refractivity contribution in [3.05, 3.63) is 64.2 Å². The van der Waals surface area contributed by atoms with E-state index in [1.807, 2.05) is 10.8 Å². The van der Waals surface area contributed by atoms with Crippen LogP contribution in [-0.2, 0) is 5.60 Å². The number of carbonyl (C=O) groups excluding carboxylic acids is 1. The molecule has 0 saturated heterocycles. The average Bonchev–Trinajstić information content (AvgIpc) is 3.24. The van der Waals surface area contributed by atoms with E-state index in [2.05, 4.69) is 15.5 Å². The number of H-pyrrole nitrogens is 1. The fourth-order valence-corrected chi connectivity index (χ4v) is 3.13. The summed E-state index contributed by atoms with van der Waals surface area (Å²) < 4.78 is 13.9. The van der Waals surface area contributed by atoms with E-state index in [4.69, 9.17) is 0 Å². The minimum Gasteiger partial charge on any atom is -0.384 e. The quantitative estimate of drug-likeness (QED) is 0.665. The molecule has 0 spiro atoms. The number of nitrogens with one attached hydrogen (secondary N) is 2. The highest BCUT2D eigenvalue weighted by atomic mass is 32.1. The van der Waals surface area contributed by atoms with Gasteiger partial charge in [-0.2, -0.15) is 16.4 Å². The lowest BCUT2D eigenvalue weighted by atomic mass is 9.99. The van der Waals surface area contributed by atoms with Crippen molar-refractivity contribution < 1.29 is 14.3 Å². The van der Waals surface area contributed by atoms with Crippen LogP contribution in [0.1, 0.15) is 22.8 Å². The minimum absolute atomic E-state index is 0.0322. The Hall–Kier alpha value is -2.51. The van der Waals surface area contributed by atoms with Gasteiger partial charge in [0.05, 0.1) is 24.0 Å². The number of aliphatic hydroxyl groups is 1. The Bertz CT molecular complexity index is 843. The Balaban J connectivity index is 1.78. The van der Waals surface area contributed by atoms with Gasteiger partial charge in [0.1, 0.15) is 11.4 Å². The van der Waals surface area contributed by atoms with Gasteiger partial charge in [-0.25, -0.2) is 4.39 Å². The van der Waals surface area contributed by atoms with Crippen LogP contribution in [0.15, 0.2) is 47.3 Å². The monoisotopic (exact) mass is 345 g/mol. The summed E-state index contributed by atoms with van der Waals surface area (Å²) in [5.74, 6) is -0.876. The number of halogens is 1. The standard InChI is InChI=1S/C17H16FN3O2S/c1-17(23,11-6-7-24-9-11)10-19-16(22)13-8-20-21-15(13)12-4-2-3-5-14(12)18/h2-9,23H,10H2,1H3,(H,19,22)(H,20,21). The van der Waals surface area contributed by atoms with E-state index in [9.17, 15) is 14.3 Å². The van der Waals surface area contributed by atoms with Gasteiger partial charge in [0.2, 0.25) is 0 Å². The van der Waals surface area contributed by atoms with E-state index < -0.39 is 17.3 Å². The molecule has 1 unspecified atom stereocenters. The molecule has 1 amide bonds. The molecule has 1 aromatic carbocycles. The van der Waals surface area contributed by atoms with Gasteiger partial charge in [0.15, 0.2) is 0 Å². The summed E-state index contributed by atoms with van der Waals surface area (Å²) in [4.78, 5) is 12.4. The van der Waals surface area contributed by atoms with Gasteiger partial charge in [0.25, 0.3) is 5.91 Å². The zero-order valence-electron chi connectivity index (χ0n) is 12.9. The maximum Gasteiger partial charge on any atom is 0.255 e. The molecule has 3 rings (SSSR count). The molecule has 0 aliphatic carbocycles. The predicted molar refractivity (Wildman–Crippen MR) is 90.2 cm³/mol. The van der Waals surface area contributed by atoms with E-state index in [0.29, 0.717) is 5.69 Å². The molecule has 0 aliphatic heterocycles. The van der Waals surface area contributed by atoms with Gasteiger partial charge in [-0.15, -0.1) is 0 Å². The molecular formula is C17H16FN3O2S. The third-order valence-electron chi connectivity index (χ3n) is 3.76. The minimum atomic E-state index is -1.18. The molecule has 0 radical (unpaired) electrons. The highest BCUT2D eigenvalue weighted by Crippen LogP contribution is 2.25. The summed E-state index contributed by atoms with van der Waals surface area (Å²) in [6, 6.07) is 7.95. The molecule has 0 aliphatic rings. The van der Waals surface area contributed by atoms with Crippen molar-refractivity contribution in [2.45, 2.75) is 12.5 Å². The van der Waals surface area contributed by atoms with E-state index >= 15 is 0 Å². The number of nitrogens with zero attached hydrogens (tertiary/aromatic N) is 1. The third-order valence-corrected chi connectivity index (χ3v) is 4.45. The van der Waals surface area contributed by atoms with Gasteiger partial charge >= 0.3 is 0 Å². The molecule has 3 N–H and O–H groups in total. The second kappa shape index (κ2) is 6.54. The molecule has 0 saturated carbocycles. The second-order valence-electron chi connectivity index (χ2n) is 5.61. The van der Waals surface area contributed by atoms with Crippen molar-refractivity contribution in [3.63, 3.8) is 0 Å². The molecule has 2 aromatic heterocycles. The number of thiophene rings is 1. The van der Waals surface area contributed by atoms with Crippen molar-refractivity contribution in [1.29, 1.82) is 0 Å². The fourth-order valence-electron chi connectivity index (χ4n) is 2.35. The molecular weight excluding hydrogens is 329 g/mol. The lowest BCUT2D eigenvalue weighted by Crippen LogP contribution is -2.38. The number of aromatic amines is 1. The summed E-state index contributed by atoms with van der Waals surface area (Å²) in [7, 11) is 0. The van der Waals surface area contributed by atoms with Crippen LogP contribution in [-0.4, -0.2) is 27.8 Å². The Kier molecular flexibility index (Phi) is 4.46. The number of hydrogen-bond donors (Lipinski definition) is 3. The van der Waals surface area contributed by atoms with Gasteiger partial charge in [0, 0.05) is 5.56 Å². The highest BCUT2D eigenvalue weighted by Gasteiger charge is 2.25. The Morgan fingerprint density at radius 2 is 2.21 bits per heavy atom. The third kappa shape index (κ3) is 3.22. The van der Waals surface area contributed by atoms with E-state index in [1.165, 1.54) is 23.6 Å². The first-order valence-electron chi connectivity index (χ1n) is 7.30. The van der Waals surface area contributed by atoms with Crippen LogP contribution in [0.4, 0.5) is 4.39 Å². The number of aromatic nitrogens is 2. The number of benzene rings is 1. The zero-order chi connectivity index (χ0) is 17.2. The highest BCUT2D eigenvalue weighted by molar-refractivity contribution is 7.08. The number of rotatable bonds is 5. The summed E-state index contributed by atoms with van der Waals surface area (Å²) in [5, 5.41) is 23.3. The maximum atomic E-state index is 13.9. The van der Waals surface area contributed by atoms with Crippen LogP contribution < -0.4 is 5.32 Å². The summed E-state index contributed by atoms with van der Waals surface area (Å²) in [6.07, 6.45) is 1.34. The van der Waals surface area contributed by atoms with Gasteiger partial charge in [-0.1, -0.05) is 12.1 Å². The molecule has 1 atom stereocenters. The maximum absolute atomic E-state index is 13.9. The van der Waals surface area contributed by atoms with Crippen molar-refractivity contribution in [3.8, 4) is 11.3 Å². The summed E-state index contributed by atoms with van der Waals surface area (Å²) in [5.41, 5.74) is 0.346. The molecule has 24 heavy (non-hydrogen) atoms. The molecule has 0 bridgehead atoms. The normalized spacial score (nSPS) is 13.5. The molecule has 7 heteroatoms. The van der Waals surface area contributed by atoms with Gasteiger partial charge in [-0.3, -0.25) is 9.89 Å². The van der Waals surface area contributed by atoms with Gasteiger partial charge < -0.3 is 10.4 Å². The Labute approximate surface area is 142 Å². The van der Waals surface area contributed by atoms with Crippen LogP contribution in [0.25, 0.3) is 11.3 Å². The summed E-state index contributed by atoms with van der Waals surface area (Å²) in [6.45, 7) is 1.66. The smallest absolute Gasteiger partial charge is 0.255 e. The van der Waals surface area contributed by atoms with E-state index in [0.717, 1.165) is 5.56 Å². The fraction of sp³-hybridized carbons (Fsp3) is 0.176. The Morgan fingerprint density at radius 1 is 1.42 bits per heavy atom. The van der Waals surface area contributed by atoms with Crippen LogP contribution in [0.5, 0.6) is 0 Å². The van der Waals surface area contributed by atoms with E-state index in [-0.39, 0.29) is 17.7 Å². The van der Waals surface area contributed by atoms with Crippen molar-refractivity contribution in [1.82, 2.24) is 15.5 Å². The first-order valence-corrected chi connectivity index (χ1v) is 8.25. The second-order valence-corrected chi connectivity index (χ2v) is 6.39. The van der Waals surface area contributed by atoms with Crippen LogP contribution >= 0.6 is 11.3 Å². The number of amides is 1. The molecule has 2 heterocycles. The van der Waals surface area contributed by atoms with Crippen LogP contribution in [0.2, 0.25) is 0 Å². The number of carbonyl (C=O) groups is 1. The van der Waals surface area contributed by atoms with Crippen molar-refractivity contribution in [2.24, 2.45) is 0 Å². The molecule has 124 valence electrons. The van der Waals surface area contributed by atoms with E-state index in [1.54, 1.807) is 31.2 Å². The van der Waals surface area contributed by atoms with Gasteiger partial charge in [-0.05, 0) is 41.4 Å². The first-order chi connectivity index (χ1) is 11.5. The van der Waals surface area contributed by atoms with Crippen LogP contribution in [0.3, 0.4) is 0 Å². The average molecular weight is 345 g/mol. The van der Waals surface area contributed by atoms with Crippen LogP contribution in [0, 0.1) is 5.82 Å². The molecule has 3 aromatic rings. The first kappa shape index (κ1) is 16.4. The number of hydrogen-bond acceptors (Lipinski definition) is 4. The zero-order valence-corrected chi connectivity index (χ0v) is 13.7.